The number of carbonyl (C=O) groups excluding carboxylic acids is 1. The number of carbonyl (C=O) groups is 1. The van der Waals surface area contributed by atoms with Gasteiger partial charge in [-0.3, -0.25) is 4.98 Å². The van der Waals surface area contributed by atoms with Crippen LogP contribution in [0.25, 0.3) is 0 Å². The first-order chi connectivity index (χ1) is 9.19. The second kappa shape index (κ2) is 6.67. The van der Waals surface area contributed by atoms with Crippen molar-refractivity contribution in [2.24, 2.45) is 0 Å². The highest BCUT2D eigenvalue weighted by molar-refractivity contribution is 9.10. The molecular formula is C11H10BrN3O3S. The minimum Gasteiger partial charge on any atom is -0.459 e. The van der Waals surface area contributed by atoms with Gasteiger partial charge >= 0.3 is 11.9 Å². The van der Waals surface area contributed by atoms with Gasteiger partial charge in [-0.1, -0.05) is 16.9 Å². The van der Waals surface area contributed by atoms with Crippen LogP contribution in [-0.2, 0) is 10.5 Å². The Morgan fingerprint density at radius 3 is 3.00 bits per heavy atom. The van der Waals surface area contributed by atoms with Gasteiger partial charge in [0, 0.05) is 16.4 Å². The van der Waals surface area contributed by atoms with Crippen molar-refractivity contribution in [1.29, 1.82) is 0 Å². The third kappa shape index (κ3) is 4.03. The highest BCUT2D eigenvalue weighted by Crippen LogP contribution is 2.21. The van der Waals surface area contributed by atoms with E-state index in [2.05, 4.69) is 31.1 Å². The van der Waals surface area contributed by atoms with Crippen molar-refractivity contribution in [3.63, 3.8) is 0 Å². The van der Waals surface area contributed by atoms with Crippen molar-refractivity contribution >= 4 is 33.7 Å². The van der Waals surface area contributed by atoms with Crippen LogP contribution in [0, 0.1) is 0 Å². The smallest absolute Gasteiger partial charge is 0.396 e. The zero-order valence-electron chi connectivity index (χ0n) is 10.00. The zero-order valence-corrected chi connectivity index (χ0v) is 12.4. The lowest BCUT2D eigenvalue weighted by Crippen LogP contribution is -2.04. The van der Waals surface area contributed by atoms with Gasteiger partial charge in [-0.25, -0.2) is 4.79 Å². The fourth-order valence-corrected chi connectivity index (χ4v) is 2.08. The number of hydrogen-bond acceptors (Lipinski definition) is 7. The number of halogens is 1. The zero-order chi connectivity index (χ0) is 13.7. The molecular weight excluding hydrogens is 334 g/mol. The molecule has 0 saturated heterocycles. The Hall–Kier alpha value is -1.41. The van der Waals surface area contributed by atoms with Crippen molar-refractivity contribution in [2.75, 3.05) is 6.61 Å². The number of rotatable bonds is 5. The molecule has 0 N–H and O–H groups in total. The average Bonchev–Trinajstić information content (AvgIpc) is 2.87. The molecule has 0 aliphatic rings. The van der Waals surface area contributed by atoms with Gasteiger partial charge in [0.05, 0.1) is 12.3 Å². The van der Waals surface area contributed by atoms with Gasteiger partial charge in [0.1, 0.15) is 0 Å². The van der Waals surface area contributed by atoms with E-state index in [1.165, 1.54) is 11.8 Å². The second-order valence-electron chi connectivity index (χ2n) is 3.35. The lowest BCUT2D eigenvalue weighted by atomic mass is 10.4. The number of aromatic nitrogens is 3. The van der Waals surface area contributed by atoms with Crippen LogP contribution in [0.4, 0.5) is 0 Å². The fraction of sp³-hybridized carbons (Fsp3) is 0.273. The molecule has 0 radical (unpaired) electrons. The molecule has 0 aromatic carbocycles. The summed E-state index contributed by atoms with van der Waals surface area (Å²) in [5.74, 6) is -0.158. The molecule has 0 saturated carbocycles. The van der Waals surface area contributed by atoms with Gasteiger partial charge in [-0.05, 0) is 35.0 Å². The minimum absolute atomic E-state index is 0.131. The Labute approximate surface area is 122 Å². The third-order valence-corrected chi connectivity index (χ3v) is 3.31. The number of pyridine rings is 1. The highest BCUT2D eigenvalue weighted by Gasteiger charge is 2.16. The largest absolute Gasteiger partial charge is 0.459 e. The van der Waals surface area contributed by atoms with E-state index in [1.54, 1.807) is 13.1 Å². The van der Waals surface area contributed by atoms with E-state index in [0.717, 1.165) is 10.2 Å². The van der Waals surface area contributed by atoms with Gasteiger partial charge in [-0.2, -0.15) is 0 Å². The first kappa shape index (κ1) is 14.0. The lowest BCUT2D eigenvalue weighted by Gasteiger charge is -1.97. The summed E-state index contributed by atoms with van der Waals surface area (Å²) in [6, 6.07) is 3.79. The molecule has 100 valence electrons. The standard InChI is InChI=1S/C11H10BrN3O3S/c1-2-17-10(16)9-14-15-11(18-9)19-6-8-4-3-7(12)5-13-8/h3-5H,2,6H2,1H3. The fourth-order valence-electron chi connectivity index (χ4n) is 1.17. The van der Waals surface area contributed by atoms with Gasteiger partial charge in [-0.15, -0.1) is 5.10 Å². The molecule has 0 aliphatic carbocycles. The Morgan fingerprint density at radius 2 is 2.32 bits per heavy atom. The summed E-state index contributed by atoms with van der Waals surface area (Å²) in [7, 11) is 0. The van der Waals surface area contributed by atoms with Gasteiger partial charge in [0.2, 0.25) is 0 Å². The quantitative estimate of drug-likeness (QED) is 0.609. The Kier molecular flexibility index (Phi) is 4.92. The molecule has 6 nitrogen and oxygen atoms in total. The predicted octanol–water partition coefficient (Wildman–Crippen LogP) is 2.70. The van der Waals surface area contributed by atoms with Crippen LogP contribution in [0.2, 0.25) is 0 Å². The summed E-state index contributed by atoms with van der Waals surface area (Å²) in [4.78, 5) is 15.5. The van der Waals surface area contributed by atoms with Crippen molar-refractivity contribution in [2.45, 2.75) is 17.9 Å². The van der Waals surface area contributed by atoms with E-state index in [-0.39, 0.29) is 12.5 Å². The summed E-state index contributed by atoms with van der Waals surface area (Å²) in [5.41, 5.74) is 0.879. The van der Waals surface area contributed by atoms with Crippen molar-refractivity contribution in [3.05, 3.63) is 34.4 Å². The molecule has 19 heavy (non-hydrogen) atoms. The van der Waals surface area contributed by atoms with Gasteiger partial charge < -0.3 is 9.15 Å². The summed E-state index contributed by atoms with van der Waals surface area (Å²) in [6.07, 6.45) is 1.72. The maximum absolute atomic E-state index is 11.3. The van der Waals surface area contributed by atoms with Crippen LogP contribution < -0.4 is 0 Å². The van der Waals surface area contributed by atoms with Crippen molar-refractivity contribution in [3.8, 4) is 0 Å². The number of nitrogens with zero attached hydrogens (tertiary/aromatic N) is 3. The maximum Gasteiger partial charge on any atom is 0.396 e. The van der Waals surface area contributed by atoms with E-state index in [1.807, 2.05) is 12.1 Å². The topological polar surface area (TPSA) is 78.1 Å². The molecule has 0 amide bonds. The van der Waals surface area contributed by atoms with E-state index in [4.69, 9.17) is 9.15 Å². The molecule has 0 atom stereocenters. The summed E-state index contributed by atoms with van der Waals surface area (Å²) < 4.78 is 10.8. The molecule has 0 unspecified atom stereocenters. The predicted molar refractivity (Wildman–Crippen MR) is 71.8 cm³/mol. The lowest BCUT2D eigenvalue weighted by molar-refractivity contribution is 0.0475. The number of esters is 1. The van der Waals surface area contributed by atoms with Gasteiger partial charge in [0.15, 0.2) is 0 Å². The molecule has 2 aromatic rings. The monoisotopic (exact) mass is 343 g/mol. The van der Waals surface area contributed by atoms with Crippen LogP contribution in [0.1, 0.15) is 23.3 Å². The van der Waals surface area contributed by atoms with Crippen LogP contribution in [0.15, 0.2) is 32.4 Å². The Morgan fingerprint density at radius 1 is 1.47 bits per heavy atom. The molecule has 2 rings (SSSR count). The van der Waals surface area contributed by atoms with Crippen molar-refractivity contribution in [1.82, 2.24) is 15.2 Å². The first-order valence-electron chi connectivity index (χ1n) is 5.43. The third-order valence-electron chi connectivity index (χ3n) is 1.99. The number of thioether (sulfide) groups is 1. The summed E-state index contributed by atoms with van der Waals surface area (Å²) in [6.45, 7) is 1.98. The molecule has 0 aliphatic heterocycles. The van der Waals surface area contributed by atoms with E-state index >= 15 is 0 Å². The van der Waals surface area contributed by atoms with E-state index in [0.29, 0.717) is 11.0 Å². The van der Waals surface area contributed by atoms with Crippen LogP contribution in [0.3, 0.4) is 0 Å². The second-order valence-corrected chi connectivity index (χ2v) is 5.19. The first-order valence-corrected chi connectivity index (χ1v) is 7.20. The number of hydrogen-bond donors (Lipinski definition) is 0. The molecule has 0 fully saturated rings. The van der Waals surface area contributed by atoms with Crippen LogP contribution in [0.5, 0.6) is 0 Å². The summed E-state index contributed by atoms with van der Waals surface area (Å²) >= 11 is 4.62. The molecule has 2 heterocycles. The SMILES string of the molecule is CCOC(=O)c1nnc(SCc2ccc(Br)cn2)o1. The Bertz CT molecular complexity index is 559. The molecule has 8 heteroatoms. The maximum atomic E-state index is 11.3. The van der Waals surface area contributed by atoms with Crippen molar-refractivity contribution < 1.29 is 13.9 Å². The summed E-state index contributed by atoms with van der Waals surface area (Å²) in [5, 5.41) is 7.69. The van der Waals surface area contributed by atoms with Gasteiger partial charge in [0.25, 0.3) is 5.22 Å². The molecule has 2 aromatic heterocycles. The minimum atomic E-state index is -0.608. The normalized spacial score (nSPS) is 10.4. The average molecular weight is 344 g/mol. The number of ether oxygens (including phenoxy) is 1. The van der Waals surface area contributed by atoms with E-state index in [9.17, 15) is 4.79 Å². The Balaban J connectivity index is 1.93. The molecule has 0 bridgehead atoms. The highest BCUT2D eigenvalue weighted by atomic mass is 79.9. The van der Waals surface area contributed by atoms with Crippen LogP contribution >= 0.6 is 27.7 Å². The van der Waals surface area contributed by atoms with E-state index < -0.39 is 5.97 Å². The molecule has 0 spiro atoms. The van der Waals surface area contributed by atoms with Crippen LogP contribution in [-0.4, -0.2) is 27.8 Å².